The Hall–Kier alpha value is -2.58. The van der Waals surface area contributed by atoms with Gasteiger partial charge in [0.15, 0.2) is 0 Å². The van der Waals surface area contributed by atoms with Crippen molar-refractivity contribution in [2.24, 2.45) is 4.99 Å². The summed E-state index contributed by atoms with van der Waals surface area (Å²) >= 11 is 5.87. The average Bonchev–Trinajstić information content (AvgIpc) is 2.98. The van der Waals surface area contributed by atoms with Crippen LogP contribution in [0.4, 0.5) is 0 Å². The van der Waals surface area contributed by atoms with E-state index in [-0.39, 0.29) is 24.1 Å². The van der Waals surface area contributed by atoms with Crippen LogP contribution >= 0.6 is 11.6 Å². The van der Waals surface area contributed by atoms with Crippen LogP contribution in [0.5, 0.6) is 5.75 Å². The van der Waals surface area contributed by atoms with Crippen molar-refractivity contribution < 1.29 is 22.7 Å². The van der Waals surface area contributed by atoms with Gasteiger partial charge in [-0.05, 0) is 43.2 Å². The number of carbonyl (C=O) groups is 1. The van der Waals surface area contributed by atoms with Gasteiger partial charge in [-0.2, -0.15) is 0 Å². The van der Waals surface area contributed by atoms with Gasteiger partial charge >= 0.3 is 5.97 Å². The van der Waals surface area contributed by atoms with Gasteiger partial charge in [-0.3, -0.25) is 14.5 Å². The first-order valence-corrected chi connectivity index (χ1v) is 11.5. The Balaban J connectivity index is 1.28. The van der Waals surface area contributed by atoms with E-state index in [1.54, 1.807) is 48.5 Å². The monoisotopic (exact) mass is 450 g/mol. The molecule has 1 heterocycles. The number of sulfonamides is 1. The molecular formula is C21H23ClN2O5S. The van der Waals surface area contributed by atoms with Crippen molar-refractivity contribution in [2.45, 2.75) is 30.6 Å². The molecule has 0 radical (unpaired) electrons. The summed E-state index contributed by atoms with van der Waals surface area (Å²) in [6.07, 6.45) is 2.54. The highest BCUT2D eigenvalue weighted by molar-refractivity contribution is 7.90. The topological polar surface area (TPSA) is 94.1 Å². The number of halogens is 1. The maximum absolute atomic E-state index is 12.0. The number of aliphatic imine (C=N–C) groups is 1. The number of hydrogen-bond donors (Lipinski definition) is 1. The highest BCUT2D eigenvalue weighted by atomic mass is 35.5. The lowest BCUT2D eigenvalue weighted by Gasteiger charge is -2.07. The highest BCUT2D eigenvalue weighted by Crippen LogP contribution is 2.22. The van der Waals surface area contributed by atoms with E-state index in [2.05, 4.69) is 9.71 Å². The minimum Gasteiger partial charge on any atom is -0.490 e. The minimum atomic E-state index is -3.50. The van der Waals surface area contributed by atoms with Gasteiger partial charge in [-0.1, -0.05) is 36.2 Å². The van der Waals surface area contributed by atoms with Crippen molar-refractivity contribution in [3.63, 3.8) is 0 Å². The first-order valence-electron chi connectivity index (χ1n) is 9.66. The fourth-order valence-corrected chi connectivity index (χ4v) is 4.38. The van der Waals surface area contributed by atoms with Crippen molar-refractivity contribution in [2.75, 3.05) is 19.8 Å². The molecule has 0 spiro atoms. The summed E-state index contributed by atoms with van der Waals surface area (Å²) in [6.45, 7) is 0.925. The van der Waals surface area contributed by atoms with Crippen LogP contribution in [0.25, 0.3) is 0 Å². The van der Waals surface area contributed by atoms with Crippen LogP contribution < -0.4 is 9.46 Å². The number of amidine groups is 1. The Labute approximate surface area is 181 Å². The first kappa shape index (κ1) is 22.1. The van der Waals surface area contributed by atoms with Gasteiger partial charge in [0.1, 0.15) is 24.8 Å². The Morgan fingerprint density at radius 2 is 1.87 bits per heavy atom. The molecule has 2 aromatic carbocycles. The number of nitrogens with one attached hydrogen (secondary N) is 1. The van der Waals surface area contributed by atoms with E-state index in [4.69, 9.17) is 21.1 Å². The molecule has 9 heteroatoms. The molecule has 1 N–H and O–H groups in total. The highest BCUT2D eigenvalue weighted by Gasteiger charge is 2.29. The molecule has 0 amide bonds. The Kier molecular flexibility index (Phi) is 7.70. The molecule has 7 nitrogen and oxygen atoms in total. The van der Waals surface area contributed by atoms with Crippen molar-refractivity contribution in [1.29, 1.82) is 0 Å². The maximum atomic E-state index is 12.0. The maximum Gasteiger partial charge on any atom is 0.305 e. The van der Waals surface area contributed by atoms with E-state index in [0.29, 0.717) is 41.6 Å². The third-order valence-corrected chi connectivity index (χ3v) is 6.02. The molecule has 0 saturated heterocycles. The smallest absolute Gasteiger partial charge is 0.305 e. The quantitative estimate of drug-likeness (QED) is 0.441. The van der Waals surface area contributed by atoms with E-state index in [9.17, 15) is 13.2 Å². The van der Waals surface area contributed by atoms with E-state index in [1.807, 2.05) is 0 Å². The molecule has 30 heavy (non-hydrogen) atoms. The third kappa shape index (κ3) is 6.21. The molecule has 0 fully saturated rings. The van der Waals surface area contributed by atoms with Crippen LogP contribution in [-0.4, -0.2) is 40.0 Å². The largest absolute Gasteiger partial charge is 0.490 e. The number of hydrogen-bond acceptors (Lipinski definition) is 6. The summed E-state index contributed by atoms with van der Waals surface area (Å²) in [7, 11) is -3.50. The number of ether oxygens (including phenoxy) is 2. The molecule has 3 rings (SSSR count). The molecule has 0 unspecified atom stereocenters. The molecule has 2 aromatic rings. The van der Waals surface area contributed by atoms with E-state index < -0.39 is 10.0 Å². The second kappa shape index (κ2) is 10.4. The van der Waals surface area contributed by atoms with Crippen LogP contribution in [0.1, 0.15) is 31.2 Å². The minimum absolute atomic E-state index is 0.179. The van der Waals surface area contributed by atoms with Crippen LogP contribution in [0.3, 0.4) is 0 Å². The number of fused-ring (bicyclic) bond motifs is 1. The molecule has 160 valence electrons. The summed E-state index contributed by atoms with van der Waals surface area (Å²) in [6, 6.07) is 13.8. The molecule has 0 atom stereocenters. The van der Waals surface area contributed by atoms with Gasteiger partial charge in [0, 0.05) is 23.6 Å². The van der Waals surface area contributed by atoms with Crippen LogP contribution in [-0.2, 0) is 19.6 Å². The number of nitrogens with zero attached hydrogens (tertiary/aromatic N) is 1. The van der Waals surface area contributed by atoms with Crippen LogP contribution in [0, 0.1) is 0 Å². The van der Waals surface area contributed by atoms with Gasteiger partial charge in [0.05, 0.1) is 4.90 Å². The standard InChI is InChI=1S/C21H23ClN2O5S/c22-16-7-6-8-17(15-16)28-13-14-29-20(25)11-2-1-5-12-23-21-18-9-3-4-10-19(18)30(26,27)24-21/h3-4,6-10,15H,1-2,5,11-14H2,(H,23,24). The van der Waals surface area contributed by atoms with Crippen molar-refractivity contribution in [3.8, 4) is 5.75 Å². The summed E-state index contributed by atoms with van der Waals surface area (Å²) in [5.74, 6) is 0.741. The second-order valence-corrected chi connectivity index (χ2v) is 8.76. The normalized spacial score (nSPS) is 15.4. The fourth-order valence-electron chi connectivity index (χ4n) is 2.94. The molecule has 0 aliphatic carbocycles. The number of unbranched alkanes of at least 4 members (excludes halogenated alkanes) is 2. The third-order valence-electron chi connectivity index (χ3n) is 4.38. The number of benzene rings is 2. The Morgan fingerprint density at radius 3 is 2.70 bits per heavy atom. The lowest BCUT2D eigenvalue weighted by atomic mass is 10.2. The molecular weight excluding hydrogens is 428 g/mol. The van der Waals surface area contributed by atoms with Gasteiger partial charge < -0.3 is 9.47 Å². The van der Waals surface area contributed by atoms with Gasteiger partial charge in [0.25, 0.3) is 10.0 Å². The summed E-state index contributed by atoms with van der Waals surface area (Å²) < 4.78 is 37.1. The molecule has 0 bridgehead atoms. The summed E-state index contributed by atoms with van der Waals surface area (Å²) in [4.78, 5) is 16.4. The van der Waals surface area contributed by atoms with E-state index in [1.165, 1.54) is 0 Å². The zero-order valence-electron chi connectivity index (χ0n) is 16.3. The number of carbonyl (C=O) groups excluding carboxylic acids is 1. The fraction of sp³-hybridized carbons (Fsp3) is 0.333. The van der Waals surface area contributed by atoms with Crippen molar-refractivity contribution in [3.05, 3.63) is 59.1 Å². The first-order chi connectivity index (χ1) is 14.5. The Morgan fingerprint density at radius 1 is 1.03 bits per heavy atom. The molecule has 1 aliphatic rings. The van der Waals surface area contributed by atoms with Crippen LogP contribution in [0.2, 0.25) is 5.02 Å². The zero-order valence-corrected chi connectivity index (χ0v) is 17.9. The zero-order chi connectivity index (χ0) is 21.4. The SMILES string of the molecule is O=C(CCCCCN=C1NS(=O)(=O)c2ccccc21)OCCOc1cccc(Cl)c1. The number of rotatable bonds is 10. The number of esters is 1. The van der Waals surface area contributed by atoms with Crippen molar-refractivity contribution in [1.82, 2.24) is 4.72 Å². The predicted octanol–water partition coefficient (Wildman–Crippen LogP) is 3.56. The average molecular weight is 451 g/mol. The van der Waals surface area contributed by atoms with E-state index >= 15 is 0 Å². The molecule has 0 saturated carbocycles. The van der Waals surface area contributed by atoms with E-state index in [0.717, 1.165) is 12.8 Å². The second-order valence-electron chi connectivity index (χ2n) is 6.67. The van der Waals surface area contributed by atoms with Crippen LogP contribution in [0.15, 0.2) is 58.4 Å². The summed E-state index contributed by atoms with van der Waals surface area (Å²) in [5, 5.41) is 0.587. The lowest BCUT2D eigenvalue weighted by molar-refractivity contribution is -0.144. The predicted molar refractivity (Wildman–Crippen MR) is 115 cm³/mol. The lowest BCUT2D eigenvalue weighted by Crippen LogP contribution is -2.22. The van der Waals surface area contributed by atoms with Crippen molar-refractivity contribution >= 4 is 33.4 Å². The van der Waals surface area contributed by atoms with Gasteiger partial charge in [0.2, 0.25) is 0 Å². The Bertz CT molecular complexity index is 1020. The van der Waals surface area contributed by atoms with Gasteiger partial charge in [-0.15, -0.1) is 0 Å². The van der Waals surface area contributed by atoms with Gasteiger partial charge in [-0.25, -0.2) is 8.42 Å². The molecule has 0 aromatic heterocycles. The molecule has 1 aliphatic heterocycles. The summed E-state index contributed by atoms with van der Waals surface area (Å²) in [5.41, 5.74) is 0.598.